The SMILES string of the molecule is COc1ccc(CCC(=O)N2CCCC(C)(C(=O)NCc3cccc(OC)c3)C2)cc1. The van der Waals surface area contributed by atoms with Gasteiger partial charge in [0.25, 0.3) is 0 Å². The molecule has 0 radical (unpaired) electrons. The molecule has 0 aromatic heterocycles. The van der Waals surface area contributed by atoms with Crippen molar-refractivity contribution in [2.24, 2.45) is 5.41 Å². The summed E-state index contributed by atoms with van der Waals surface area (Å²) < 4.78 is 10.4. The number of hydrogen-bond acceptors (Lipinski definition) is 4. The van der Waals surface area contributed by atoms with Crippen molar-refractivity contribution in [3.8, 4) is 11.5 Å². The van der Waals surface area contributed by atoms with E-state index in [0.717, 1.165) is 35.5 Å². The average Bonchev–Trinajstić information content (AvgIpc) is 2.81. The van der Waals surface area contributed by atoms with Crippen LogP contribution in [0.5, 0.6) is 11.5 Å². The lowest BCUT2D eigenvalue weighted by molar-refractivity contribution is -0.140. The zero-order chi connectivity index (χ0) is 22.3. The zero-order valence-electron chi connectivity index (χ0n) is 18.6. The van der Waals surface area contributed by atoms with Crippen molar-refractivity contribution in [2.75, 3.05) is 27.3 Å². The van der Waals surface area contributed by atoms with Crippen LogP contribution in [0.4, 0.5) is 0 Å². The van der Waals surface area contributed by atoms with Crippen LogP contribution in [-0.2, 0) is 22.6 Å². The summed E-state index contributed by atoms with van der Waals surface area (Å²) in [6, 6.07) is 15.4. The number of nitrogens with zero attached hydrogens (tertiary/aromatic N) is 1. The fraction of sp³-hybridized carbons (Fsp3) is 0.440. The number of methoxy groups -OCH3 is 2. The molecule has 6 heteroatoms. The molecule has 6 nitrogen and oxygen atoms in total. The third-order valence-corrected chi connectivity index (χ3v) is 5.97. The van der Waals surface area contributed by atoms with Crippen LogP contribution in [0.1, 0.15) is 37.3 Å². The van der Waals surface area contributed by atoms with E-state index < -0.39 is 5.41 Å². The monoisotopic (exact) mass is 424 g/mol. The van der Waals surface area contributed by atoms with Gasteiger partial charge in [0.1, 0.15) is 11.5 Å². The number of aryl methyl sites for hydroxylation is 1. The van der Waals surface area contributed by atoms with Gasteiger partial charge in [-0.3, -0.25) is 9.59 Å². The Balaban J connectivity index is 1.53. The van der Waals surface area contributed by atoms with Gasteiger partial charge in [-0.05, 0) is 61.6 Å². The van der Waals surface area contributed by atoms with E-state index in [-0.39, 0.29) is 11.8 Å². The summed E-state index contributed by atoms with van der Waals surface area (Å²) >= 11 is 0. The van der Waals surface area contributed by atoms with Crippen LogP contribution >= 0.6 is 0 Å². The van der Waals surface area contributed by atoms with Gasteiger partial charge in [-0.1, -0.05) is 24.3 Å². The van der Waals surface area contributed by atoms with E-state index in [4.69, 9.17) is 9.47 Å². The average molecular weight is 425 g/mol. The van der Waals surface area contributed by atoms with Crippen molar-refractivity contribution in [3.05, 3.63) is 59.7 Å². The molecule has 0 saturated carbocycles. The van der Waals surface area contributed by atoms with Crippen molar-refractivity contribution in [1.29, 1.82) is 0 Å². The number of hydrogen-bond donors (Lipinski definition) is 1. The molecular formula is C25H32N2O4. The number of carbonyl (C=O) groups excluding carboxylic acids is 2. The maximum atomic E-state index is 13.0. The quantitative estimate of drug-likeness (QED) is 0.703. The minimum atomic E-state index is -0.576. The first-order valence-corrected chi connectivity index (χ1v) is 10.8. The first kappa shape index (κ1) is 22.7. The standard InChI is InChI=1S/C25H32N2O4/c1-25(24(29)26-17-20-6-4-7-22(16-20)31-3)14-5-15-27(18-25)23(28)13-10-19-8-11-21(30-2)12-9-19/h4,6-9,11-12,16H,5,10,13-15,17-18H2,1-3H3,(H,26,29). The number of nitrogens with one attached hydrogen (secondary N) is 1. The molecule has 0 spiro atoms. The van der Waals surface area contributed by atoms with E-state index in [9.17, 15) is 9.59 Å². The Hall–Kier alpha value is -3.02. The second kappa shape index (κ2) is 10.3. The molecule has 2 amide bonds. The molecule has 1 N–H and O–H groups in total. The summed E-state index contributed by atoms with van der Waals surface area (Å²) in [7, 11) is 3.26. The predicted octanol–water partition coefficient (Wildman–Crippen LogP) is 3.58. The fourth-order valence-electron chi connectivity index (χ4n) is 4.02. The number of amides is 2. The molecule has 31 heavy (non-hydrogen) atoms. The Morgan fingerprint density at radius 1 is 1.03 bits per heavy atom. The van der Waals surface area contributed by atoms with Gasteiger partial charge in [-0.15, -0.1) is 0 Å². The normalized spacial score (nSPS) is 18.4. The predicted molar refractivity (Wildman–Crippen MR) is 120 cm³/mol. The van der Waals surface area contributed by atoms with Gasteiger partial charge in [-0.25, -0.2) is 0 Å². The lowest BCUT2D eigenvalue weighted by atomic mass is 9.80. The molecule has 1 heterocycles. The highest BCUT2D eigenvalue weighted by molar-refractivity contribution is 5.84. The minimum Gasteiger partial charge on any atom is -0.497 e. The summed E-state index contributed by atoms with van der Waals surface area (Å²) in [4.78, 5) is 27.6. The van der Waals surface area contributed by atoms with Gasteiger partial charge in [0.05, 0.1) is 19.6 Å². The molecule has 2 aromatic carbocycles. The Morgan fingerprint density at radius 2 is 1.77 bits per heavy atom. The first-order valence-electron chi connectivity index (χ1n) is 10.8. The molecule has 1 aliphatic rings. The smallest absolute Gasteiger partial charge is 0.227 e. The van der Waals surface area contributed by atoms with Gasteiger partial charge in [0.2, 0.25) is 11.8 Å². The maximum Gasteiger partial charge on any atom is 0.227 e. The van der Waals surface area contributed by atoms with Crippen molar-refractivity contribution >= 4 is 11.8 Å². The van der Waals surface area contributed by atoms with Crippen LogP contribution in [0.15, 0.2) is 48.5 Å². The number of likely N-dealkylation sites (tertiary alicyclic amines) is 1. The van der Waals surface area contributed by atoms with Gasteiger partial charge < -0.3 is 19.7 Å². The second-order valence-corrected chi connectivity index (χ2v) is 8.36. The van der Waals surface area contributed by atoms with Gasteiger partial charge in [0.15, 0.2) is 0 Å². The highest BCUT2D eigenvalue weighted by Gasteiger charge is 2.39. The number of rotatable bonds is 8. The van der Waals surface area contributed by atoms with Crippen LogP contribution < -0.4 is 14.8 Å². The van der Waals surface area contributed by atoms with Crippen LogP contribution in [0.2, 0.25) is 0 Å². The lowest BCUT2D eigenvalue weighted by Gasteiger charge is -2.39. The Kier molecular flexibility index (Phi) is 7.55. The first-order chi connectivity index (χ1) is 14.9. The van der Waals surface area contributed by atoms with E-state index in [1.165, 1.54) is 0 Å². The van der Waals surface area contributed by atoms with Gasteiger partial charge in [-0.2, -0.15) is 0 Å². The molecule has 0 aliphatic carbocycles. The van der Waals surface area contributed by atoms with Crippen molar-refractivity contribution in [2.45, 2.75) is 39.2 Å². The molecular weight excluding hydrogens is 392 g/mol. The molecule has 1 unspecified atom stereocenters. The second-order valence-electron chi connectivity index (χ2n) is 8.36. The van der Waals surface area contributed by atoms with Crippen LogP contribution in [0.25, 0.3) is 0 Å². The number of benzene rings is 2. The van der Waals surface area contributed by atoms with Gasteiger partial charge in [0, 0.05) is 26.1 Å². The van der Waals surface area contributed by atoms with Gasteiger partial charge >= 0.3 is 0 Å². The Labute approximate surface area is 184 Å². The topological polar surface area (TPSA) is 67.9 Å². The van der Waals surface area contributed by atoms with Crippen molar-refractivity contribution in [3.63, 3.8) is 0 Å². The third-order valence-electron chi connectivity index (χ3n) is 5.97. The summed E-state index contributed by atoms with van der Waals surface area (Å²) in [5.41, 5.74) is 1.51. The molecule has 2 aromatic rings. The minimum absolute atomic E-state index is 0.0111. The molecule has 0 bridgehead atoms. The molecule has 166 valence electrons. The van der Waals surface area contributed by atoms with Crippen molar-refractivity contribution in [1.82, 2.24) is 10.2 Å². The summed E-state index contributed by atoms with van der Waals surface area (Å²) in [6.45, 7) is 3.56. The van der Waals surface area contributed by atoms with E-state index in [1.54, 1.807) is 14.2 Å². The largest absolute Gasteiger partial charge is 0.497 e. The molecule has 1 saturated heterocycles. The number of ether oxygens (including phenoxy) is 2. The zero-order valence-corrected chi connectivity index (χ0v) is 18.6. The highest BCUT2D eigenvalue weighted by Crippen LogP contribution is 2.30. The lowest BCUT2D eigenvalue weighted by Crippen LogP contribution is -2.51. The van der Waals surface area contributed by atoms with Crippen LogP contribution in [0, 0.1) is 5.41 Å². The number of piperidine rings is 1. The molecule has 1 fully saturated rings. The van der Waals surface area contributed by atoms with Crippen LogP contribution in [0.3, 0.4) is 0 Å². The van der Waals surface area contributed by atoms with E-state index in [0.29, 0.717) is 32.5 Å². The van der Waals surface area contributed by atoms with E-state index in [1.807, 2.05) is 60.4 Å². The summed E-state index contributed by atoms with van der Waals surface area (Å²) in [5.74, 6) is 1.66. The summed E-state index contributed by atoms with van der Waals surface area (Å²) in [6.07, 6.45) is 2.72. The maximum absolute atomic E-state index is 13.0. The fourth-order valence-corrected chi connectivity index (χ4v) is 4.02. The summed E-state index contributed by atoms with van der Waals surface area (Å²) in [5, 5.41) is 3.04. The van der Waals surface area contributed by atoms with E-state index >= 15 is 0 Å². The molecule has 1 atom stereocenters. The highest BCUT2D eigenvalue weighted by atomic mass is 16.5. The van der Waals surface area contributed by atoms with Crippen molar-refractivity contribution < 1.29 is 19.1 Å². The molecule has 3 rings (SSSR count). The number of carbonyl (C=O) groups is 2. The Morgan fingerprint density at radius 3 is 2.48 bits per heavy atom. The van der Waals surface area contributed by atoms with E-state index in [2.05, 4.69) is 5.32 Å². The molecule has 1 aliphatic heterocycles. The Bertz CT molecular complexity index is 897. The third kappa shape index (κ3) is 6.00. The van der Waals surface area contributed by atoms with Crippen LogP contribution in [-0.4, -0.2) is 44.0 Å².